The van der Waals surface area contributed by atoms with Gasteiger partial charge in [0.05, 0.1) is 6.07 Å². The second-order valence-corrected chi connectivity index (χ2v) is 12.9. The molecule has 13 nitrogen and oxygen atoms in total. The van der Waals surface area contributed by atoms with Crippen molar-refractivity contribution in [3.05, 3.63) is 148 Å². The van der Waals surface area contributed by atoms with E-state index in [1.54, 1.807) is 12.4 Å². The van der Waals surface area contributed by atoms with Crippen molar-refractivity contribution in [3.8, 4) is 6.07 Å². The van der Waals surface area contributed by atoms with Gasteiger partial charge in [-0.2, -0.15) is 38.0 Å². The Bertz CT molecular complexity index is 2260. The number of fused-ring (bicyclic) bond motifs is 4. The molecule has 10 rings (SSSR count). The van der Waals surface area contributed by atoms with E-state index < -0.39 is 0 Å². The molecule has 4 aromatic heterocycles. The largest absolute Gasteiger partial charge is 6.00 e. The van der Waals surface area contributed by atoms with E-state index in [4.69, 9.17) is 0 Å². The molecule has 0 bridgehead atoms. The van der Waals surface area contributed by atoms with Crippen molar-refractivity contribution in [3.63, 3.8) is 0 Å². The molecule has 8 heterocycles. The van der Waals surface area contributed by atoms with Gasteiger partial charge in [-0.3, -0.25) is 0 Å². The quantitative estimate of drug-likeness (QED) is 0.166. The van der Waals surface area contributed by atoms with Crippen LogP contribution < -0.4 is 39.2 Å². The zero-order chi connectivity index (χ0) is 36.9. The topological polar surface area (TPSA) is 101 Å². The van der Waals surface area contributed by atoms with Crippen molar-refractivity contribution in [1.29, 1.82) is 5.26 Å². The molecule has 0 amide bonds. The van der Waals surface area contributed by atoms with E-state index in [-0.39, 0.29) is 19.8 Å². The Labute approximate surface area is 334 Å². The summed E-state index contributed by atoms with van der Waals surface area (Å²) in [6, 6.07) is 34.8. The van der Waals surface area contributed by atoms with Crippen molar-refractivity contribution >= 4 is 68.8 Å². The maximum absolute atomic E-state index is 9.59. The molecule has 0 aliphatic carbocycles. The van der Waals surface area contributed by atoms with E-state index in [2.05, 4.69) is 69.9 Å². The minimum atomic E-state index is 0. The van der Waals surface area contributed by atoms with E-state index in [0.29, 0.717) is 5.56 Å². The van der Waals surface area contributed by atoms with Crippen LogP contribution in [0.4, 0.5) is 68.8 Å². The van der Waals surface area contributed by atoms with Crippen LogP contribution in [0.3, 0.4) is 0 Å². The fraction of sp³-hybridized carbons (Fsp3) is 0.0976. The van der Waals surface area contributed by atoms with Gasteiger partial charge in [0.15, 0.2) is 0 Å². The van der Waals surface area contributed by atoms with Gasteiger partial charge in [-0.25, -0.2) is 19.9 Å². The van der Waals surface area contributed by atoms with Crippen molar-refractivity contribution in [2.24, 2.45) is 0 Å². The maximum Gasteiger partial charge on any atom is 6.00 e. The molecular formula is C41H33N13Os. The van der Waals surface area contributed by atoms with Gasteiger partial charge in [-0.15, -0.1) is 59.1 Å². The molecule has 0 spiro atoms. The van der Waals surface area contributed by atoms with Crippen LogP contribution in [0.1, 0.15) is 5.56 Å². The van der Waals surface area contributed by atoms with E-state index in [1.807, 2.05) is 154 Å². The average molecular weight is 898 g/mol. The minimum Gasteiger partial charge on any atom is -0.502 e. The van der Waals surface area contributed by atoms with E-state index in [1.165, 1.54) is 0 Å². The Kier molecular flexibility index (Phi) is 9.33. The number of pyridine rings is 4. The molecule has 2 aromatic carbocycles. The van der Waals surface area contributed by atoms with Crippen LogP contribution in [-0.2, 0) is 19.8 Å². The zero-order valence-electron chi connectivity index (χ0n) is 30.3. The second-order valence-electron chi connectivity index (χ2n) is 12.9. The molecule has 4 aliphatic rings. The summed E-state index contributed by atoms with van der Waals surface area (Å²) >= 11 is 0. The standard InChI is InChI=1S/C21H16N7.C20H17N6.Os/c1-25-13-27(20-18(25)5-3-7-23-20)16-9-15(12-22)10-17(11-16)28-14-26(2)19-6-4-8-24-21(19)28;1-23-13-25(19-17(23)8-4-10-21-19)15-6-3-7-16(12-15)26-14-24(2)18-9-5-11-22-20(18)26;/h3-10,13-14H,1-2H3;3-11,13-14H,1-2H3;/q2*-3;+6. The first-order valence-corrected chi connectivity index (χ1v) is 17.2. The molecule has 270 valence electrons. The van der Waals surface area contributed by atoms with Gasteiger partial charge in [0.25, 0.3) is 0 Å². The number of nitriles is 1. The Morgan fingerprint density at radius 2 is 0.782 bits per heavy atom. The number of anilines is 12. The van der Waals surface area contributed by atoms with Crippen LogP contribution in [0, 0.1) is 50.1 Å². The molecule has 0 saturated heterocycles. The van der Waals surface area contributed by atoms with Crippen molar-refractivity contribution < 1.29 is 19.8 Å². The van der Waals surface area contributed by atoms with Crippen LogP contribution in [0.15, 0.2) is 104 Å². The summed E-state index contributed by atoms with van der Waals surface area (Å²) < 4.78 is 0. The zero-order valence-corrected chi connectivity index (χ0v) is 32.8. The molecule has 0 saturated carbocycles. The van der Waals surface area contributed by atoms with E-state index in [9.17, 15) is 5.26 Å². The molecular weight excluding hydrogens is 865 g/mol. The van der Waals surface area contributed by atoms with Crippen molar-refractivity contribution in [2.75, 3.05) is 67.4 Å². The predicted octanol–water partition coefficient (Wildman–Crippen LogP) is 7.25. The van der Waals surface area contributed by atoms with Gasteiger partial charge in [-0.05, 0) is 76.7 Å². The SMILES string of the molecule is CN1[CH-]N(c2[c-]c(N3[CH-]N(C)c4cccnc43)cc(C#N)c2)c2ncccc21.CN1[CH-]N(c2[c-]c(N3[CH-]N(C)c4cccnc43)ccc2)c2ncccc21.[Os+6]. The first kappa shape index (κ1) is 35.6. The molecule has 0 fully saturated rings. The van der Waals surface area contributed by atoms with Crippen LogP contribution in [-0.4, -0.2) is 48.1 Å². The van der Waals surface area contributed by atoms with Crippen LogP contribution in [0.25, 0.3) is 0 Å². The summed E-state index contributed by atoms with van der Waals surface area (Å²) in [6.45, 7) is 7.94. The first-order chi connectivity index (χ1) is 26.4. The van der Waals surface area contributed by atoms with Crippen LogP contribution >= 0.6 is 0 Å². The van der Waals surface area contributed by atoms with Gasteiger partial charge < -0.3 is 39.2 Å². The number of benzene rings is 2. The molecule has 0 unspecified atom stereocenters. The number of hydrogen-bond acceptors (Lipinski definition) is 13. The van der Waals surface area contributed by atoms with Crippen molar-refractivity contribution in [1.82, 2.24) is 19.9 Å². The smallest absolute Gasteiger partial charge is 0.502 e. The third-order valence-electron chi connectivity index (χ3n) is 9.42. The molecule has 6 aromatic rings. The normalized spacial score (nSPS) is 14.9. The summed E-state index contributed by atoms with van der Waals surface area (Å²) in [6.07, 6.45) is 7.15. The average Bonchev–Trinajstić information content (AvgIpc) is 3.96. The molecule has 14 heteroatoms. The van der Waals surface area contributed by atoms with E-state index in [0.717, 1.165) is 68.8 Å². The monoisotopic (exact) mass is 899 g/mol. The third kappa shape index (κ3) is 6.26. The summed E-state index contributed by atoms with van der Waals surface area (Å²) in [5.74, 6) is 3.43. The van der Waals surface area contributed by atoms with Crippen LogP contribution in [0.2, 0.25) is 0 Å². The second kappa shape index (κ2) is 14.4. The summed E-state index contributed by atoms with van der Waals surface area (Å²) in [7, 11) is 7.99. The predicted molar refractivity (Wildman–Crippen MR) is 212 cm³/mol. The molecule has 55 heavy (non-hydrogen) atoms. The van der Waals surface area contributed by atoms with Crippen LogP contribution in [0.5, 0.6) is 0 Å². The Balaban J connectivity index is 0.000000153. The number of hydrogen-bond donors (Lipinski definition) is 0. The van der Waals surface area contributed by atoms with Gasteiger partial charge in [0.1, 0.15) is 23.3 Å². The number of aromatic nitrogens is 4. The minimum absolute atomic E-state index is 0. The van der Waals surface area contributed by atoms with Crippen molar-refractivity contribution in [2.45, 2.75) is 0 Å². The first-order valence-electron chi connectivity index (χ1n) is 17.2. The molecule has 0 radical (unpaired) electrons. The summed E-state index contributed by atoms with van der Waals surface area (Å²) in [5, 5.41) is 9.59. The van der Waals surface area contributed by atoms with Gasteiger partial charge in [0.2, 0.25) is 0 Å². The summed E-state index contributed by atoms with van der Waals surface area (Å²) in [5.41, 5.74) is 8.07. The molecule has 4 aliphatic heterocycles. The Morgan fingerprint density at radius 1 is 0.473 bits per heavy atom. The van der Waals surface area contributed by atoms with Gasteiger partial charge >= 0.3 is 19.8 Å². The Hall–Kier alpha value is -6.43. The van der Waals surface area contributed by atoms with Gasteiger partial charge in [0, 0.05) is 47.5 Å². The van der Waals surface area contributed by atoms with E-state index >= 15 is 0 Å². The number of rotatable bonds is 4. The fourth-order valence-electron chi connectivity index (χ4n) is 6.85. The molecule has 0 N–H and O–H groups in total. The Morgan fingerprint density at radius 3 is 1.11 bits per heavy atom. The third-order valence-corrected chi connectivity index (χ3v) is 9.42. The fourth-order valence-corrected chi connectivity index (χ4v) is 6.85. The summed E-state index contributed by atoms with van der Waals surface area (Å²) in [4.78, 5) is 34.2. The number of nitrogens with zero attached hydrogens (tertiary/aromatic N) is 13. The van der Waals surface area contributed by atoms with Gasteiger partial charge in [-0.1, -0.05) is 5.56 Å². The molecule has 0 atom stereocenters. The maximum atomic E-state index is 9.59.